The summed E-state index contributed by atoms with van der Waals surface area (Å²) in [6, 6.07) is 0. The molecule has 2 fully saturated rings. The Balaban J connectivity index is 1.70. The first-order chi connectivity index (χ1) is 9.34. The lowest BCUT2D eigenvalue weighted by atomic mass is 9.57. The summed E-state index contributed by atoms with van der Waals surface area (Å²) < 4.78 is 7.98. The summed E-state index contributed by atoms with van der Waals surface area (Å²) >= 11 is 0. The average Bonchev–Trinajstić information content (AvgIpc) is 2.91. The van der Waals surface area contributed by atoms with Gasteiger partial charge in [-0.25, -0.2) is 0 Å². The summed E-state index contributed by atoms with van der Waals surface area (Å²) in [5, 5.41) is 0. The van der Waals surface area contributed by atoms with E-state index >= 15 is 0 Å². The summed E-state index contributed by atoms with van der Waals surface area (Å²) in [6.07, 6.45) is 19.1. The molecule has 18 heavy (non-hydrogen) atoms. The highest BCUT2D eigenvalue weighted by atomic mass is 14.5. The zero-order chi connectivity index (χ0) is 12.9. The maximum atomic E-state index is 7.98. The third-order valence-electron chi connectivity index (χ3n) is 5.95. The molecule has 4 aliphatic rings. The maximum Gasteiger partial charge on any atom is 0.0243 e. The van der Waals surface area contributed by atoms with E-state index < -0.39 is 0 Å². The van der Waals surface area contributed by atoms with E-state index in [4.69, 9.17) is 1.37 Å². The molecule has 0 bridgehead atoms. The van der Waals surface area contributed by atoms with Crippen LogP contribution in [-0.4, -0.2) is 0 Å². The molecule has 0 heteroatoms. The molecule has 0 aromatic heterocycles. The van der Waals surface area contributed by atoms with Crippen LogP contribution >= 0.6 is 0 Å². The van der Waals surface area contributed by atoms with E-state index in [1.165, 1.54) is 50.5 Å². The lowest BCUT2D eigenvalue weighted by molar-refractivity contribution is 0.143. The van der Waals surface area contributed by atoms with Gasteiger partial charge in [0.05, 0.1) is 0 Å². The average molecular weight is 241 g/mol. The standard InChI is InChI=1S/C18H24/c1-18-11-4-7-17(18)16-9-8-13-5-2-3-6-14(13)15(16)10-12-18/h4,7,9,11,13-15H,2-3,5-6,8,10,12H2,1H3/t13?,14-,15+,18-/m0/s1/i1D. The molecule has 0 heterocycles. The zero-order valence-electron chi connectivity index (χ0n) is 12.2. The van der Waals surface area contributed by atoms with Crippen molar-refractivity contribution in [3.05, 3.63) is 35.5 Å². The predicted octanol–water partition coefficient (Wildman–Crippen LogP) is 5.04. The molecule has 0 N–H and O–H groups in total. The van der Waals surface area contributed by atoms with Crippen molar-refractivity contribution in [1.29, 1.82) is 0 Å². The van der Waals surface area contributed by atoms with Gasteiger partial charge in [0.1, 0.15) is 0 Å². The fourth-order valence-corrected chi connectivity index (χ4v) is 5.00. The van der Waals surface area contributed by atoms with Crippen LogP contribution in [0.4, 0.5) is 0 Å². The lowest BCUT2D eigenvalue weighted by Gasteiger charge is -2.48. The summed E-state index contributed by atoms with van der Waals surface area (Å²) in [5.74, 6) is 2.75. The minimum Gasteiger partial charge on any atom is -0.0804 e. The van der Waals surface area contributed by atoms with Crippen LogP contribution in [0.25, 0.3) is 0 Å². The van der Waals surface area contributed by atoms with Crippen LogP contribution in [0.1, 0.15) is 53.2 Å². The molecule has 0 amide bonds. The van der Waals surface area contributed by atoms with Gasteiger partial charge in [-0.1, -0.05) is 44.0 Å². The van der Waals surface area contributed by atoms with E-state index in [9.17, 15) is 0 Å². The number of allylic oxidation sites excluding steroid dienone is 6. The highest BCUT2D eigenvalue weighted by molar-refractivity contribution is 5.50. The Labute approximate surface area is 112 Å². The van der Waals surface area contributed by atoms with E-state index in [1.54, 1.807) is 5.57 Å². The third-order valence-corrected chi connectivity index (χ3v) is 5.95. The van der Waals surface area contributed by atoms with Crippen molar-refractivity contribution in [2.75, 3.05) is 0 Å². The van der Waals surface area contributed by atoms with Gasteiger partial charge in [-0.05, 0) is 61.0 Å². The molecule has 1 unspecified atom stereocenters. The maximum absolute atomic E-state index is 7.98. The van der Waals surface area contributed by atoms with Crippen LogP contribution in [-0.2, 0) is 0 Å². The first-order valence-corrected chi connectivity index (χ1v) is 7.74. The van der Waals surface area contributed by atoms with E-state index in [1.807, 2.05) is 0 Å². The smallest absolute Gasteiger partial charge is 0.0243 e. The van der Waals surface area contributed by atoms with E-state index in [-0.39, 0.29) is 5.41 Å². The molecule has 0 aromatic carbocycles. The second-order valence-corrected chi connectivity index (χ2v) is 6.84. The van der Waals surface area contributed by atoms with Crippen LogP contribution in [0.2, 0.25) is 0 Å². The van der Waals surface area contributed by atoms with E-state index in [0.717, 1.165) is 17.8 Å². The second-order valence-electron chi connectivity index (χ2n) is 6.84. The van der Waals surface area contributed by atoms with Crippen molar-refractivity contribution in [1.82, 2.24) is 0 Å². The van der Waals surface area contributed by atoms with Crippen molar-refractivity contribution in [2.24, 2.45) is 23.2 Å². The zero-order valence-corrected chi connectivity index (χ0v) is 11.2. The van der Waals surface area contributed by atoms with Gasteiger partial charge < -0.3 is 0 Å². The van der Waals surface area contributed by atoms with Gasteiger partial charge >= 0.3 is 0 Å². The summed E-state index contributed by atoms with van der Waals surface area (Å²) in [6.45, 7) is 0.535. The normalized spacial score (nSPS) is 46.4. The van der Waals surface area contributed by atoms with Crippen LogP contribution < -0.4 is 0 Å². The van der Waals surface area contributed by atoms with Crippen molar-refractivity contribution in [2.45, 2.75) is 51.8 Å². The fourth-order valence-electron chi connectivity index (χ4n) is 5.00. The number of hydrogen-bond acceptors (Lipinski definition) is 0. The second kappa shape index (κ2) is 3.85. The summed E-state index contributed by atoms with van der Waals surface area (Å²) in [5.41, 5.74) is 3.25. The SMILES string of the molecule is [2H]C[C@@]12C=CC=C1C1=CCC3CCCC[C@@H]3[C@H]1CC2. The first kappa shape index (κ1) is 10.1. The van der Waals surface area contributed by atoms with Crippen molar-refractivity contribution in [3.8, 4) is 0 Å². The van der Waals surface area contributed by atoms with Gasteiger partial charge in [-0.15, -0.1) is 0 Å². The molecule has 4 atom stereocenters. The highest BCUT2D eigenvalue weighted by Crippen LogP contribution is 2.56. The molecule has 0 nitrogen and oxygen atoms in total. The molecular weight excluding hydrogens is 216 g/mol. The van der Waals surface area contributed by atoms with Crippen molar-refractivity contribution < 1.29 is 1.37 Å². The Morgan fingerprint density at radius 2 is 2.22 bits per heavy atom. The molecule has 0 saturated heterocycles. The van der Waals surface area contributed by atoms with E-state index in [2.05, 4.69) is 24.3 Å². The summed E-state index contributed by atoms with van der Waals surface area (Å²) in [7, 11) is 0. The van der Waals surface area contributed by atoms with Gasteiger partial charge in [-0.2, -0.15) is 0 Å². The minimum atomic E-state index is 0.0871. The Morgan fingerprint density at radius 1 is 1.28 bits per heavy atom. The highest BCUT2D eigenvalue weighted by Gasteiger charge is 2.44. The first-order valence-electron chi connectivity index (χ1n) is 8.44. The van der Waals surface area contributed by atoms with Gasteiger partial charge in [0.2, 0.25) is 0 Å². The molecule has 4 rings (SSSR count). The van der Waals surface area contributed by atoms with Crippen molar-refractivity contribution >= 4 is 0 Å². The van der Waals surface area contributed by atoms with E-state index in [0.29, 0.717) is 6.90 Å². The molecule has 96 valence electrons. The largest absolute Gasteiger partial charge is 0.0804 e. The molecular formula is C18H24. The quantitative estimate of drug-likeness (QED) is 0.557. The Bertz CT molecular complexity index is 470. The monoisotopic (exact) mass is 241 g/mol. The van der Waals surface area contributed by atoms with Crippen molar-refractivity contribution in [3.63, 3.8) is 0 Å². The predicted molar refractivity (Wildman–Crippen MR) is 76.2 cm³/mol. The van der Waals surface area contributed by atoms with Gasteiger partial charge in [-0.3, -0.25) is 0 Å². The van der Waals surface area contributed by atoms with Crippen LogP contribution in [0, 0.1) is 23.2 Å². The van der Waals surface area contributed by atoms with Crippen LogP contribution in [0.15, 0.2) is 35.5 Å². The Hall–Kier alpha value is -0.780. The molecule has 0 aromatic rings. The molecule has 0 aliphatic heterocycles. The minimum absolute atomic E-state index is 0.0871. The van der Waals surface area contributed by atoms with Crippen LogP contribution in [0.3, 0.4) is 0 Å². The Kier molecular flexibility index (Phi) is 2.15. The Morgan fingerprint density at radius 3 is 3.17 bits per heavy atom. The van der Waals surface area contributed by atoms with Crippen LogP contribution in [0.5, 0.6) is 0 Å². The number of rotatable bonds is 0. The lowest BCUT2D eigenvalue weighted by Crippen LogP contribution is -2.37. The molecule has 0 spiro atoms. The number of fused-ring (bicyclic) bond motifs is 5. The van der Waals surface area contributed by atoms with Gasteiger partial charge in [0, 0.05) is 6.79 Å². The molecule has 2 saturated carbocycles. The molecule has 4 aliphatic carbocycles. The van der Waals surface area contributed by atoms with Gasteiger partial charge in [0.15, 0.2) is 0 Å². The molecule has 0 radical (unpaired) electrons. The third kappa shape index (κ3) is 1.44. The topological polar surface area (TPSA) is 0 Å². The van der Waals surface area contributed by atoms with Gasteiger partial charge in [0.25, 0.3) is 0 Å². The summed E-state index contributed by atoms with van der Waals surface area (Å²) in [4.78, 5) is 0. The number of hydrogen-bond donors (Lipinski definition) is 0. The fraction of sp³-hybridized carbons (Fsp3) is 0.667.